The van der Waals surface area contributed by atoms with E-state index < -0.39 is 25.6 Å². The Bertz CT molecular complexity index is 361. The predicted molar refractivity (Wildman–Crippen MR) is 71.0 cm³/mol. The molecule has 0 spiro atoms. The van der Waals surface area contributed by atoms with Crippen molar-refractivity contribution < 1.29 is 32.7 Å². The third kappa shape index (κ3) is 9.03. The van der Waals surface area contributed by atoms with Gasteiger partial charge < -0.3 is 19.7 Å². The van der Waals surface area contributed by atoms with E-state index >= 15 is 0 Å². The van der Waals surface area contributed by atoms with E-state index in [0.717, 1.165) is 0 Å². The summed E-state index contributed by atoms with van der Waals surface area (Å²) in [6.07, 6.45) is -0.466. The Balaban J connectivity index is 4.40. The Morgan fingerprint density at radius 2 is 1.70 bits per heavy atom. The summed E-state index contributed by atoms with van der Waals surface area (Å²) in [5.41, 5.74) is 5.11. The lowest BCUT2D eigenvalue weighted by Gasteiger charge is -2.20. The summed E-state index contributed by atoms with van der Waals surface area (Å²) >= 11 is 0. The van der Waals surface area contributed by atoms with Gasteiger partial charge in [0.2, 0.25) is 0 Å². The molecule has 0 aliphatic heterocycles. The van der Waals surface area contributed by atoms with Gasteiger partial charge in [0.05, 0.1) is 6.61 Å². The molecular weight excluding hydrogens is 289 g/mol. The highest BCUT2D eigenvalue weighted by atomic mass is 31.2. The lowest BCUT2D eigenvalue weighted by molar-refractivity contribution is -0.160. The Hall–Kier alpha value is -0.950. The molecule has 0 aliphatic rings. The van der Waals surface area contributed by atoms with Gasteiger partial charge in [0, 0.05) is 19.5 Å². The standard InChI is InChI=1S/C11H22NO7P/c1-4-10(13)16-6-9(19-11(14)5-2)7-17-20(3,15)18-8-12/h9H,4-8,12H2,1-3H3. The smallest absolute Gasteiger partial charge is 0.329 e. The summed E-state index contributed by atoms with van der Waals surface area (Å²) in [4.78, 5) is 22.3. The van der Waals surface area contributed by atoms with Crippen LogP contribution in [0.3, 0.4) is 0 Å². The molecule has 0 heterocycles. The third-order valence-corrected chi connectivity index (χ3v) is 3.35. The fourth-order valence-electron chi connectivity index (χ4n) is 1.06. The van der Waals surface area contributed by atoms with E-state index in [4.69, 9.17) is 24.3 Å². The Kier molecular flexibility index (Phi) is 9.41. The predicted octanol–water partition coefficient (Wildman–Crippen LogP) is 1.03. The molecule has 0 aliphatic carbocycles. The number of hydrogen-bond donors (Lipinski definition) is 1. The van der Waals surface area contributed by atoms with Crippen molar-refractivity contribution in [3.8, 4) is 0 Å². The number of ether oxygens (including phenoxy) is 2. The van der Waals surface area contributed by atoms with Gasteiger partial charge in [0.1, 0.15) is 13.3 Å². The van der Waals surface area contributed by atoms with Crippen LogP contribution in [0.1, 0.15) is 26.7 Å². The van der Waals surface area contributed by atoms with E-state index in [1.807, 2.05) is 0 Å². The van der Waals surface area contributed by atoms with Crippen LogP contribution < -0.4 is 5.73 Å². The monoisotopic (exact) mass is 311 g/mol. The van der Waals surface area contributed by atoms with Crippen LogP contribution in [-0.4, -0.2) is 44.7 Å². The first-order valence-corrected chi connectivity index (χ1v) is 8.25. The van der Waals surface area contributed by atoms with Gasteiger partial charge in [-0.05, 0) is 0 Å². The molecule has 9 heteroatoms. The van der Waals surface area contributed by atoms with Crippen LogP contribution in [0.2, 0.25) is 0 Å². The minimum absolute atomic E-state index is 0.166. The fourth-order valence-corrected chi connectivity index (χ4v) is 1.85. The molecule has 2 N–H and O–H groups in total. The van der Waals surface area contributed by atoms with Crippen molar-refractivity contribution in [2.75, 3.05) is 26.6 Å². The van der Waals surface area contributed by atoms with Gasteiger partial charge in [0.25, 0.3) is 0 Å². The third-order valence-electron chi connectivity index (χ3n) is 2.11. The topological polar surface area (TPSA) is 114 Å². The van der Waals surface area contributed by atoms with E-state index in [1.54, 1.807) is 13.8 Å². The van der Waals surface area contributed by atoms with Gasteiger partial charge >= 0.3 is 19.5 Å². The van der Waals surface area contributed by atoms with Crippen molar-refractivity contribution >= 4 is 19.5 Å². The summed E-state index contributed by atoms with van der Waals surface area (Å²) in [6, 6.07) is 0. The summed E-state index contributed by atoms with van der Waals surface area (Å²) < 4.78 is 31.3. The molecule has 0 saturated heterocycles. The number of hydrogen-bond acceptors (Lipinski definition) is 8. The number of carbonyl (C=O) groups is 2. The second-order valence-corrected chi connectivity index (χ2v) is 5.92. The van der Waals surface area contributed by atoms with E-state index in [2.05, 4.69) is 0 Å². The van der Waals surface area contributed by atoms with Crippen LogP contribution in [0.15, 0.2) is 0 Å². The van der Waals surface area contributed by atoms with Crippen LogP contribution in [0, 0.1) is 0 Å². The molecule has 2 atom stereocenters. The van der Waals surface area contributed by atoms with Crippen LogP contribution in [0.25, 0.3) is 0 Å². The van der Waals surface area contributed by atoms with Crippen LogP contribution >= 0.6 is 7.60 Å². The molecular formula is C11H22NO7P. The highest BCUT2D eigenvalue weighted by molar-refractivity contribution is 7.52. The van der Waals surface area contributed by atoms with Crippen molar-refractivity contribution in [3.63, 3.8) is 0 Å². The minimum Gasteiger partial charge on any atom is -0.462 e. The minimum atomic E-state index is -3.31. The maximum atomic E-state index is 11.7. The second kappa shape index (κ2) is 9.88. The van der Waals surface area contributed by atoms with Crippen LogP contribution in [0.4, 0.5) is 0 Å². The van der Waals surface area contributed by atoms with Gasteiger partial charge in [-0.3, -0.25) is 18.7 Å². The molecule has 0 aromatic rings. The maximum absolute atomic E-state index is 11.7. The van der Waals surface area contributed by atoms with Crippen molar-refractivity contribution in [3.05, 3.63) is 0 Å². The maximum Gasteiger partial charge on any atom is 0.329 e. The molecule has 118 valence electrons. The van der Waals surface area contributed by atoms with Crippen LogP contribution in [0.5, 0.6) is 0 Å². The molecule has 0 rings (SSSR count). The normalized spacial score (nSPS) is 15.2. The largest absolute Gasteiger partial charge is 0.462 e. The summed E-state index contributed by atoms with van der Waals surface area (Å²) in [5.74, 6) is -0.905. The molecule has 0 fully saturated rings. The van der Waals surface area contributed by atoms with E-state index in [1.165, 1.54) is 6.66 Å². The van der Waals surface area contributed by atoms with Gasteiger partial charge in [-0.2, -0.15) is 0 Å². The fraction of sp³-hybridized carbons (Fsp3) is 0.818. The van der Waals surface area contributed by atoms with Crippen molar-refractivity contribution in [1.29, 1.82) is 0 Å². The van der Waals surface area contributed by atoms with Crippen LogP contribution in [-0.2, 0) is 32.7 Å². The quantitative estimate of drug-likeness (QED) is 0.361. The molecule has 0 radical (unpaired) electrons. The summed E-state index contributed by atoms with van der Waals surface area (Å²) in [5, 5.41) is 0. The Morgan fingerprint density at radius 1 is 1.10 bits per heavy atom. The molecule has 8 nitrogen and oxygen atoms in total. The molecule has 0 saturated carbocycles. The number of esters is 2. The number of carbonyl (C=O) groups excluding carboxylic acids is 2. The van der Waals surface area contributed by atoms with Crippen molar-refractivity contribution in [2.24, 2.45) is 5.73 Å². The Morgan fingerprint density at radius 3 is 2.20 bits per heavy atom. The van der Waals surface area contributed by atoms with Gasteiger partial charge in [-0.15, -0.1) is 0 Å². The summed E-state index contributed by atoms with van der Waals surface area (Å²) in [6.45, 7) is 3.88. The average Bonchev–Trinajstić information content (AvgIpc) is 2.41. The number of nitrogens with two attached hydrogens (primary N) is 1. The number of rotatable bonds is 10. The second-order valence-electron chi connectivity index (χ2n) is 3.86. The first-order valence-electron chi connectivity index (χ1n) is 6.26. The molecule has 2 unspecified atom stereocenters. The highest BCUT2D eigenvalue weighted by Crippen LogP contribution is 2.43. The van der Waals surface area contributed by atoms with E-state index in [0.29, 0.717) is 0 Å². The highest BCUT2D eigenvalue weighted by Gasteiger charge is 2.22. The molecule has 20 heavy (non-hydrogen) atoms. The first-order chi connectivity index (χ1) is 9.34. The van der Waals surface area contributed by atoms with Gasteiger partial charge in [-0.1, -0.05) is 13.8 Å². The van der Waals surface area contributed by atoms with E-state index in [-0.39, 0.29) is 32.8 Å². The zero-order valence-corrected chi connectivity index (χ0v) is 12.9. The van der Waals surface area contributed by atoms with Crippen molar-refractivity contribution in [2.45, 2.75) is 32.8 Å². The van der Waals surface area contributed by atoms with Gasteiger partial charge in [-0.25, -0.2) is 0 Å². The Labute approximate surface area is 118 Å². The molecule has 0 amide bonds. The van der Waals surface area contributed by atoms with E-state index in [9.17, 15) is 14.2 Å². The lowest BCUT2D eigenvalue weighted by atomic mass is 10.4. The molecule has 0 aromatic carbocycles. The molecule has 0 bridgehead atoms. The SMILES string of the molecule is CCC(=O)OCC(COP(C)(=O)OCN)OC(=O)CC. The van der Waals surface area contributed by atoms with Gasteiger partial charge in [0.15, 0.2) is 6.10 Å². The zero-order chi connectivity index (χ0) is 15.6. The summed E-state index contributed by atoms with van der Waals surface area (Å²) in [7, 11) is -3.31. The molecule has 0 aromatic heterocycles. The lowest BCUT2D eigenvalue weighted by Crippen LogP contribution is -2.29. The zero-order valence-electron chi connectivity index (χ0n) is 12.0. The average molecular weight is 311 g/mol. The van der Waals surface area contributed by atoms with Crippen molar-refractivity contribution in [1.82, 2.24) is 0 Å². The first kappa shape index (κ1) is 19.1.